The Morgan fingerprint density at radius 3 is 2.38 bits per heavy atom. The summed E-state index contributed by atoms with van der Waals surface area (Å²) in [6.45, 7) is 3.10. The van der Waals surface area contributed by atoms with Crippen LogP contribution >= 0.6 is 0 Å². The Labute approximate surface area is 124 Å². The van der Waals surface area contributed by atoms with Crippen LogP contribution in [-0.4, -0.2) is 4.57 Å². The van der Waals surface area contributed by atoms with Crippen LogP contribution in [0.25, 0.3) is 21.7 Å². The second kappa shape index (κ2) is 4.78. The molecular weight excluding hydrogens is 254 g/mol. The van der Waals surface area contributed by atoms with E-state index in [0.717, 1.165) is 6.54 Å². The molecule has 0 spiro atoms. The predicted molar refractivity (Wildman–Crippen MR) is 89.7 cm³/mol. The summed E-state index contributed by atoms with van der Waals surface area (Å²) in [6, 6.07) is 26.0. The number of nitrogens with zero attached hydrogens (tertiary/aromatic N) is 1. The molecule has 0 aliphatic carbocycles. The quantitative estimate of drug-likeness (QED) is 0.475. The van der Waals surface area contributed by atoms with Crippen LogP contribution in [-0.2, 0) is 6.54 Å². The van der Waals surface area contributed by atoms with E-state index in [1.54, 1.807) is 0 Å². The van der Waals surface area contributed by atoms with Gasteiger partial charge >= 0.3 is 0 Å². The zero-order chi connectivity index (χ0) is 14.2. The molecule has 0 N–H and O–H groups in total. The van der Waals surface area contributed by atoms with Crippen molar-refractivity contribution in [2.24, 2.45) is 0 Å². The maximum Gasteiger partial charge on any atom is 0.0485 e. The fraction of sp³-hybridized carbons (Fsp3) is 0.100. The van der Waals surface area contributed by atoms with Crippen LogP contribution in [0.2, 0.25) is 0 Å². The number of benzene rings is 3. The lowest BCUT2D eigenvalue weighted by Gasteiger charge is -2.11. The molecule has 0 aliphatic rings. The third kappa shape index (κ3) is 2.02. The van der Waals surface area contributed by atoms with Crippen molar-refractivity contribution in [1.29, 1.82) is 0 Å². The lowest BCUT2D eigenvalue weighted by Crippen LogP contribution is -2.01. The average molecular weight is 271 g/mol. The Hall–Kier alpha value is -2.54. The molecule has 0 atom stereocenters. The number of para-hydroxylation sites is 1. The van der Waals surface area contributed by atoms with Gasteiger partial charge in [-0.1, -0.05) is 60.7 Å². The molecule has 0 radical (unpaired) electrons. The van der Waals surface area contributed by atoms with Gasteiger partial charge in [-0.3, -0.25) is 0 Å². The van der Waals surface area contributed by atoms with Gasteiger partial charge in [0.1, 0.15) is 0 Å². The van der Waals surface area contributed by atoms with Crippen LogP contribution in [0.15, 0.2) is 72.8 Å². The minimum atomic E-state index is 0.917. The Bertz CT molecular complexity index is 926. The summed E-state index contributed by atoms with van der Waals surface area (Å²) in [4.78, 5) is 0. The maximum absolute atomic E-state index is 2.40. The highest BCUT2D eigenvalue weighted by Gasteiger charge is 2.07. The van der Waals surface area contributed by atoms with Crippen LogP contribution in [0.1, 0.15) is 11.3 Å². The molecule has 21 heavy (non-hydrogen) atoms. The molecule has 4 aromatic rings. The summed E-state index contributed by atoms with van der Waals surface area (Å²) in [5.41, 5.74) is 3.99. The van der Waals surface area contributed by atoms with Gasteiger partial charge in [0.25, 0.3) is 0 Å². The summed E-state index contributed by atoms with van der Waals surface area (Å²) < 4.78 is 2.40. The van der Waals surface area contributed by atoms with Crippen molar-refractivity contribution < 1.29 is 0 Å². The number of aromatic nitrogens is 1. The topological polar surface area (TPSA) is 4.93 Å². The first-order valence-electron chi connectivity index (χ1n) is 7.34. The Kier molecular flexibility index (Phi) is 2.78. The fourth-order valence-corrected chi connectivity index (χ4v) is 3.16. The van der Waals surface area contributed by atoms with E-state index in [2.05, 4.69) is 84.3 Å². The van der Waals surface area contributed by atoms with Crippen LogP contribution in [0.3, 0.4) is 0 Å². The minimum absolute atomic E-state index is 0.917. The third-order valence-corrected chi connectivity index (χ3v) is 4.23. The number of fused-ring (bicyclic) bond motifs is 2. The Morgan fingerprint density at radius 2 is 1.48 bits per heavy atom. The molecule has 1 heterocycles. The molecule has 0 amide bonds. The SMILES string of the molecule is Cc1cc2ccccc2n1Cc1cccc2ccccc12. The zero-order valence-corrected chi connectivity index (χ0v) is 12.1. The largest absolute Gasteiger partial charge is 0.340 e. The molecule has 1 heteroatoms. The van der Waals surface area contributed by atoms with Gasteiger partial charge in [-0.25, -0.2) is 0 Å². The van der Waals surface area contributed by atoms with Crippen LogP contribution in [0.4, 0.5) is 0 Å². The van der Waals surface area contributed by atoms with Crippen LogP contribution < -0.4 is 0 Å². The average Bonchev–Trinajstić information content (AvgIpc) is 2.84. The molecule has 1 aromatic heterocycles. The standard InChI is InChI=1S/C20H17N/c1-15-13-17-8-3-5-12-20(17)21(15)14-18-10-6-9-16-7-2-4-11-19(16)18/h2-13H,14H2,1H3. The summed E-state index contributed by atoms with van der Waals surface area (Å²) in [5, 5.41) is 3.97. The van der Waals surface area contributed by atoms with E-state index in [9.17, 15) is 0 Å². The van der Waals surface area contributed by atoms with Crippen LogP contribution in [0.5, 0.6) is 0 Å². The second-order valence-corrected chi connectivity index (χ2v) is 5.57. The van der Waals surface area contributed by atoms with Gasteiger partial charge in [0.05, 0.1) is 0 Å². The van der Waals surface area contributed by atoms with E-state index < -0.39 is 0 Å². The maximum atomic E-state index is 2.40. The number of hydrogen-bond donors (Lipinski definition) is 0. The van der Waals surface area contributed by atoms with Gasteiger partial charge in [-0.15, -0.1) is 0 Å². The molecule has 0 unspecified atom stereocenters. The molecule has 102 valence electrons. The zero-order valence-electron chi connectivity index (χ0n) is 12.1. The molecule has 0 bridgehead atoms. The molecule has 3 aromatic carbocycles. The second-order valence-electron chi connectivity index (χ2n) is 5.57. The first-order valence-corrected chi connectivity index (χ1v) is 7.34. The Morgan fingerprint density at radius 1 is 0.762 bits per heavy atom. The van der Waals surface area contributed by atoms with Gasteiger partial charge in [-0.05, 0) is 40.8 Å². The van der Waals surface area contributed by atoms with E-state index in [0.29, 0.717) is 0 Å². The van der Waals surface area contributed by atoms with Crippen molar-refractivity contribution in [3.05, 3.63) is 84.1 Å². The van der Waals surface area contributed by atoms with Crippen molar-refractivity contribution in [1.82, 2.24) is 4.57 Å². The van der Waals surface area contributed by atoms with Gasteiger partial charge < -0.3 is 4.57 Å². The molecular formula is C20H17N. The molecule has 0 fully saturated rings. The van der Waals surface area contributed by atoms with Gasteiger partial charge in [-0.2, -0.15) is 0 Å². The van der Waals surface area contributed by atoms with E-state index in [-0.39, 0.29) is 0 Å². The number of rotatable bonds is 2. The summed E-state index contributed by atoms with van der Waals surface area (Å²) >= 11 is 0. The molecule has 0 aliphatic heterocycles. The van der Waals surface area contributed by atoms with Crippen molar-refractivity contribution in [2.45, 2.75) is 13.5 Å². The van der Waals surface area contributed by atoms with E-state index in [1.165, 1.54) is 32.9 Å². The smallest absolute Gasteiger partial charge is 0.0485 e. The lowest BCUT2D eigenvalue weighted by molar-refractivity contribution is 0.810. The first kappa shape index (κ1) is 12.2. The first-order chi connectivity index (χ1) is 10.3. The highest BCUT2D eigenvalue weighted by Crippen LogP contribution is 2.24. The minimum Gasteiger partial charge on any atom is -0.340 e. The number of hydrogen-bond acceptors (Lipinski definition) is 0. The molecule has 1 nitrogen and oxygen atoms in total. The van der Waals surface area contributed by atoms with Gasteiger partial charge in [0.2, 0.25) is 0 Å². The monoisotopic (exact) mass is 271 g/mol. The van der Waals surface area contributed by atoms with Crippen molar-refractivity contribution >= 4 is 21.7 Å². The fourth-order valence-electron chi connectivity index (χ4n) is 3.16. The lowest BCUT2D eigenvalue weighted by atomic mass is 10.0. The molecule has 0 saturated carbocycles. The number of aryl methyl sites for hydroxylation is 1. The van der Waals surface area contributed by atoms with Gasteiger partial charge in [0.15, 0.2) is 0 Å². The summed E-state index contributed by atoms with van der Waals surface area (Å²) in [5.74, 6) is 0. The molecule has 4 rings (SSSR count). The van der Waals surface area contributed by atoms with Gasteiger partial charge in [0, 0.05) is 17.8 Å². The third-order valence-electron chi connectivity index (χ3n) is 4.23. The van der Waals surface area contributed by atoms with Crippen molar-refractivity contribution in [2.75, 3.05) is 0 Å². The predicted octanol–water partition coefficient (Wildman–Crippen LogP) is 5.15. The molecule has 0 saturated heterocycles. The summed E-state index contributed by atoms with van der Waals surface area (Å²) in [6.07, 6.45) is 0. The van der Waals surface area contributed by atoms with Crippen LogP contribution in [0, 0.1) is 6.92 Å². The van der Waals surface area contributed by atoms with Crippen molar-refractivity contribution in [3.8, 4) is 0 Å². The van der Waals surface area contributed by atoms with E-state index >= 15 is 0 Å². The normalized spacial score (nSPS) is 11.3. The highest BCUT2D eigenvalue weighted by atomic mass is 15.0. The Balaban J connectivity index is 1.89. The van der Waals surface area contributed by atoms with Crippen molar-refractivity contribution in [3.63, 3.8) is 0 Å². The highest BCUT2D eigenvalue weighted by molar-refractivity contribution is 5.86. The van der Waals surface area contributed by atoms with E-state index in [1.807, 2.05) is 0 Å². The summed E-state index contributed by atoms with van der Waals surface area (Å²) in [7, 11) is 0. The van der Waals surface area contributed by atoms with E-state index in [4.69, 9.17) is 0 Å².